The lowest BCUT2D eigenvalue weighted by Gasteiger charge is -2.48. The zero-order valence-electron chi connectivity index (χ0n) is 20.4. The van der Waals surface area contributed by atoms with Gasteiger partial charge >= 0.3 is 6.18 Å². The number of nitrogens with zero attached hydrogens (tertiary/aromatic N) is 3. The van der Waals surface area contributed by atoms with Gasteiger partial charge in [-0.05, 0) is 55.0 Å². The summed E-state index contributed by atoms with van der Waals surface area (Å²) in [7, 11) is 0. The Morgan fingerprint density at radius 1 is 0.757 bits per heavy atom. The van der Waals surface area contributed by atoms with E-state index in [1.165, 1.54) is 22.9 Å². The lowest BCUT2D eigenvalue weighted by molar-refractivity contribution is -0.147. The van der Waals surface area contributed by atoms with Gasteiger partial charge < -0.3 is 4.57 Å². The zero-order chi connectivity index (χ0) is 25.9. The van der Waals surface area contributed by atoms with E-state index in [1.54, 1.807) is 0 Å². The van der Waals surface area contributed by atoms with Crippen LogP contribution >= 0.6 is 11.6 Å². The predicted molar refractivity (Wildman–Crippen MR) is 140 cm³/mol. The van der Waals surface area contributed by atoms with Crippen molar-refractivity contribution >= 4 is 11.6 Å². The molecule has 0 radical (unpaired) electrons. The maximum absolute atomic E-state index is 13.3. The number of hydrogen-bond acceptors (Lipinski definition) is 2. The summed E-state index contributed by atoms with van der Waals surface area (Å²) in [6, 6.07) is 31.7. The van der Waals surface area contributed by atoms with Crippen molar-refractivity contribution in [2.24, 2.45) is 5.92 Å². The van der Waals surface area contributed by atoms with Gasteiger partial charge in [-0.25, -0.2) is 4.98 Å². The molecule has 1 fully saturated rings. The van der Waals surface area contributed by atoms with E-state index in [0.717, 1.165) is 30.5 Å². The topological polar surface area (TPSA) is 21.1 Å². The fourth-order valence-corrected chi connectivity index (χ4v) is 5.94. The number of piperidine rings is 1. The summed E-state index contributed by atoms with van der Waals surface area (Å²) in [5, 5.41) is -0.125. The van der Waals surface area contributed by atoms with Crippen LogP contribution in [0.15, 0.2) is 97.2 Å². The molecule has 4 aromatic rings. The summed E-state index contributed by atoms with van der Waals surface area (Å²) in [6.07, 6.45) is -0.781. The third-order valence-electron chi connectivity index (χ3n) is 7.44. The van der Waals surface area contributed by atoms with Gasteiger partial charge in [-0.3, -0.25) is 4.90 Å². The van der Waals surface area contributed by atoms with Gasteiger partial charge in [0.2, 0.25) is 5.82 Å². The standard InChI is InChI=1S/C30H29ClF3N3/c31-27-22-36(28(35-27)30(32,33)34)19-16-23-17-20-37(21-18-23)29(24-10-4-1-5-11-24,25-12-6-2-7-13-25)26-14-8-3-9-15-26/h1-15,22-23H,16-21H2. The van der Waals surface area contributed by atoms with Gasteiger partial charge in [-0.1, -0.05) is 103 Å². The molecule has 37 heavy (non-hydrogen) atoms. The Hall–Kier alpha value is -3.09. The smallest absolute Gasteiger partial charge is 0.326 e. The maximum Gasteiger partial charge on any atom is 0.449 e. The van der Waals surface area contributed by atoms with Crippen LogP contribution in [-0.4, -0.2) is 27.5 Å². The molecule has 3 aromatic carbocycles. The molecule has 0 atom stereocenters. The largest absolute Gasteiger partial charge is 0.449 e. The van der Waals surface area contributed by atoms with Crippen LogP contribution in [0.2, 0.25) is 5.15 Å². The summed E-state index contributed by atoms with van der Waals surface area (Å²) in [6.45, 7) is 1.92. The van der Waals surface area contributed by atoms with Crippen LogP contribution in [-0.2, 0) is 18.3 Å². The highest BCUT2D eigenvalue weighted by molar-refractivity contribution is 6.29. The number of hydrogen-bond donors (Lipinski definition) is 0. The third kappa shape index (κ3) is 5.18. The lowest BCUT2D eigenvalue weighted by atomic mass is 9.74. The van der Waals surface area contributed by atoms with Crippen molar-refractivity contribution < 1.29 is 13.2 Å². The first kappa shape index (κ1) is 25.6. The molecule has 192 valence electrons. The van der Waals surface area contributed by atoms with Crippen molar-refractivity contribution in [2.75, 3.05) is 13.1 Å². The van der Waals surface area contributed by atoms with Crippen molar-refractivity contribution in [3.05, 3.63) is 125 Å². The second kappa shape index (κ2) is 10.7. The van der Waals surface area contributed by atoms with E-state index < -0.39 is 17.5 Å². The van der Waals surface area contributed by atoms with Crippen molar-refractivity contribution in [1.82, 2.24) is 14.5 Å². The molecule has 1 saturated heterocycles. The van der Waals surface area contributed by atoms with Gasteiger partial charge in [0, 0.05) is 12.7 Å². The molecular weight excluding hydrogens is 495 g/mol. The third-order valence-corrected chi connectivity index (χ3v) is 7.62. The molecular formula is C30H29ClF3N3. The summed E-state index contributed by atoms with van der Waals surface area (Å²) >= 11 is 5.80. The highest BCUT2D eigenvalue weighted by Crippen LogP contribution is 2.44. The number of rotatable bonds is 7. The van der Waals surface area contributed by atoms with Crippen molar-refractivity contribution in [3.8, 4) is 0 Å². The minimum atomic E-state index is -4.52. The Bertz CT molecular complexity index is 1190. The summed E-state index contributed by atoms with van der Waals surface area (Å²) < 4.78 is 41.2. The Labute approximate surface area is 220 Å². The molecule has 0 N–H and O–H groups in total. The number of aromatic nitrogens is 2. The van der Waals surface area contributed by atoms with E-state index in [-0.39, 0.29) is 11.7 Å². The number of imidazole rings is 1. The highest BCUT2D eigenvalue weighted by Gasteiger charge is 2.43. The van der Waals surface area contributed by atoms with Gasteiger partial charge in [-0.2, -0.15) is 13.2 Å². The average molecular weight is 524 g/mol. The number of halogens is 4. The van der Waals surface area contributed by atoms with Crippen molar-refractivity contribution in [2.45, 2.75) is 37.5 Å². The Kier molecular flexibility index (Phi) is 7.40. The molecule has 0 saturated carbocycles. The molecule has 0 unspecified atom stereocenters. The van der Waals surface area contributed by atoms with Gasteiger partial charge in [0.15, 0.2) is 0 Å². The van der Waals surface area contributed by atoms with E-state index in [4.69, 9.17) is 11.6 Å². The quantitative estimate of drug-likeness (QED) is 0.232. The minimum absolute atomic E-state index is 0.125. The van der Waals surface area contributed by atoms with Crippen LogP contribution in [0.4, 0.5) is 13.2 Å². The normalized spacial score (nSPS) is 15.7. The van der Waals surface area contributed by atoms with E-state index >= 15 is 0 Å². The van der Waals surface area contributed by atoms with Crippen LogP contribution in [0.25, 0.3) is 0 Å². The Morgan fingerprint density at radius 3 is 1.65 bits per heavy atom. The zero-order valence-corrected chi connectivity index (χ0v) is 21.2. The highest BCUT2D eigenvalue weighted by atomic mass is 35.5. The van der Waals surface area contributed by atoms with Crippen LogP contribution in [0.3, 0.4) is 0 Å². The van der Waals surface area contributed by atoms with Crippen LogP contribution < -0.4 is 0 Å². The molecule has 3 nitrogen and oxygen atoms in total. The number of likely N-dealkylation sites (tertiary alicyclic amines) is 1. The second-order valence-corrected chi connectivity index (χ2v) is 9.99. The molecule has 1 aromatic heterocycles. The molecule has 0 amide bonds. The first-order valence-electron chi connectivity index (χ1n) is 12.6. The van der Waals surface area contributed by atoms with E-state index in [9.17, 15) is 13.2 Å². The minimum Gasteiger partial charge on any atom is -0.326 e. The van der Waals surface area contributed by atoms with Crippen LogP contribution in [0, 0.1) is 5.92 Å². The predicted octanol–water partition coefficient (Wildman–Crippen LogP) is 7.65. The molecule has 2 heterocycles. The van der Waals surface area contributed by atoms with Crippen molar-refractivity contribution in [3.63, 3.8) is 0 Å². The Morgan fingerprint density at radius 2 is 1.22 bits per heavy atom. The summed E-state index contributed by atoms with van der Waals surface area (Å²) in [5.41, 5.74) is 3.15. The first-order valence-corrected chi connectivity index (χ1v) is 13.0. The number of aryl methyl sites for hydroxylation is 1. The first-order chi connectivity index (χ1) is 17.9. The number of benzene rings is 3. The van der Waals surface area contributed by atoms with E-state index in [2.05, 4.69) is 82.7 Å². The van der Waals surface area contributed by atoms with Crippen LogP contribution in [0.1, 0.15) is 41.8 Å². The molecule has 1 aliphatic rings. The fourth-order valence-electron chi connectivity index (χ4n) is 5.75. The molecule has 0 aliphatic carbocycles. The van der Waals surface area contributed by atoms with E-state index in [0.29, 0.717) is 12.3 Å². The monoisotopic (exact) mass is 523 g/mol. The molecule has 0 bridgehead atoms. The SMILES string of the molecule is FC(F)(F)c1nc(Cl)cn1CCC1CCN(C(c2ccccc2)(c2ccccc2)c2ccccc2)CC1. The van der Waals surface area contributed by atoms with Gasteiger partial charge in [-0.15, -0.1) is 0 Å². The van der Waals surface area contributed by atoms with Gasteiger partial charge in [0.05, 0.1) is 5.54 Å². The Balaban J connectivity index is 1.42. The lowest BCUT2D eigenvalue weighted by Crippen LogP contribution is -2.51. The number of alkyl halides is 3. The van der Waals surface area contributed by atoms with Gasteiger partial charge in [0.1, 0.15) is 5.15 Å². The summed E-state index contributed by atoms with van der Waals surface area (Å²) in [5.74, 6) is -0.607. The van der Waals surface area contributed by atoms with Crippen molar-refractivity contribution in [1.29, 1.82) is 0 Å². The maximum atomic E-state index is 13.3. The van der Waals surface area contributed by atoms with Crippen LogP contribution in [0.5, 0.6) is 0 Å². The van der Waals surface area contributed by atoms with Gasteiger partial charge in [0.25, 0.3) is 0 Å². The second-order valence-electron chi connectivity index (χ2n) is 9.61. The molecule has 0 spiro atoms. The van der Waals surface area contributed by atoms with E-state index in [1.807, 2.05) is 18.2 Å². The fraction of sp³-hybridized carbons (Fsp3) is 0.300. The molecule has 7 heteroatoms. The molecule has 5 rings (SSSR count). The summed E-state index contributed by atoms with van der Waals surface area (Å²) in [4.78, 5) is 6.03. The molecule has 1 aliphatic heterocycles. The average Bonchev–Trinajstić information content (AvgIpc) is 3.32.